The molecule has 3 N–H and O–H groups in total. The van der Waals surface area contributed by atoms with Crippen LogP contribution < -0.4 is 5.32 Å². The maximum atomic E-state index is 13.1. The number of amides is 1. The molecule has 1 heterocycles. The molecule has 0 fully saturated rings. The second-order valence-electron chi connectivity index (χ2n) is 5.84. The van der Waals surface area contributed by atoms with E-state index in [4.69, 9.17) is 0 Å². The van der Waals surface area contributed by atoms with E-state index < -0.39 is 5.41 Å². The van der Waals surface area contributed by atoms with Gasteiger partial charge in [-0.1, -0.05) is 42.5 Å². The molecule has 3 aromatic rings. The van der Waals surface area contributed by atoms with Gasteiger partial charge in [-0.05, 0) is 41.5 Å². The first-order valence-electron chi connectivity index (χ1n) is 7.62. The molecule has 0 spiro atoms. The number of hydrogen-bond donors (Lipinski definition) is 3. The standard InChI is InChI=1S/C20H15NO3/c22-15-9-5-13(6-10-15)20(14-7-11-16(23)12-8-14)17-3-1-2-4-18(17)21-19(20)24/h1-12,22-23H,(H,21,24). The summed E-state index contributed by atoms with van der Waals surface area (Å²) in [5, 5.41) is 22.2. The number of para-hydroxylation sites is 1. The molecular formula is C20H15NO3. The molecule has 4 rings (SSSR count). The third-order valence-corrected chi connectivity index (χ3v) is 4.52. The van der Waals surface area contributed by atoms with Crippen LogP contribution in [0.5, 0.6) is 11.5 Å². The van der Waals surface area contributed by atoms with Gasteiger partial charge in [0.05, 0.1) is 0 Å². The number of benzene rings is 3. The van der Waals surface area contributed by atoms with Gasteiger partial charge in [0.2, 0.25) is 5.91 Å². The highest BCUT2D eigenvalue weighted by atomic mass is 16.3. The van der Waals surface area contributed by atoms with Crippen molar-refractivity contribution in [2.24, 2.45) is 0 Å². The summed E-state index contributed by atoms with van der Waals surface area (Å²) in [5.41, 5.74) is 2.12. The van der Waals surface area contributed by atoms with Crippen LogP contribution in [-0.2, 0) is 10.2 Å². The second-order valence-corrected chi connectivity index (χ2v) is 5.84. The fourth-order valence-corrected chi connectivity index (χ4v) is 3.42. The van der Waals surface area contributed by atoms with Crippen LogP contribution in [0.1, 0.15) is 16.7 Å². The monoisotopic (exact) mass is 317 g/mol. The number of carbonyl (C=O) groups is 1. The molecule has 24 heavy (non-hydrogen) atoms. The summed E-state index contributed by atoms with van der Waals surface area (Å²) in [7, 11) is 0. The van der Waals surface area contributed by atoms with Gasteiger partial charge < -0.3 is 15.5 Å². The first-order chi connectivity index (χ1) is 11.6. The normalized spacial score (nSPS) is 14.9. The first-order valence-corrected chi connectivity index (χ1v) is 7.62. The number of phenolic OH excluding ortho intramolecular Hbond substituents is 2. The quantitative estimate of drug-likeness (QED) is 0.678. The number of fused-ring (bicyclic) bond motifs is 1. The van der Waals surface area contributed by atoms with Gasteiger partial charge in [-0.2, -0.15) is 0 Å². The zero-order valence-corrected chi connectivity index (χ0v) is 12.7. The number of rotatable bonds is 2. The molecule has 0 saturated heterocycles. The van der Waals surface area contributed by atoms with Gasteiger partial charge in [-0.15, -0.1) is 0 Å². The molecule has 0 aromatic heterocycles. The topological polar surface area (TPSA) is 69.6 Å². The third-order valence-electron chi connectivity index (χ3n) is 4.52. The van der Waals surface area contributed by atoms with Gasteiger partial charge in [0.25, 0.3) is 0 Å². The van der Waals surface area contributed by atoms with E-state index in [1.807, 2.05) is 24.3 Å². The Morgan fingerprint density at radius 2 is 1.21 bits per heavy atom. The number of anilines is 1. The summed E-state index contributed by atoms with van der Waals surface area (Å²) >= 11 is 0. The van der Waals surface area contributed by atoms with Crippen molar-refractivity contribution in [2.75, 3.05) is 5.32 Å². The Labute approximate surface area is 139 Å². The molecular weight excluding hydrogens is 302 g/mol. The van der Waals surface area contributed by atoms with Crippen molar-refractivity contribution in [3.63, 3.8) is 0 Å². The summed E-state index contributed by atoms with van der Waals surface area (Å²) in [6, 6.07) is 20.9. The molecule has 1 aliphatic heterocycles. The lowest BCUT2D eigenvalue weighted by atomic mass is 9.70. The van der Waals surface area contributed by atoms with Crippen LogP contribution in [0.15, 0.2) is 72.8 Å². The van der Waals surface area contributed by atoms with Crippen LogP contribution in [0.25, 0.3) is 0 Å². The van der Waals surface area contributed by atoms with Gasteiger partial charge in [0, 0.05) is 11.3 Å². The Bertz CT molecular complexity index is 869. The molecule has 0 bridgehead atoms. The van der Waals surface area contributed by atoms with E-state index in [1.54, 1.807) is 48.5 Å². The molecule has 0 aliphatic carbocycles. The third kappa shape index (κ3) is 1.90. The summed E-state index contributed by atoms with van der Waals surface area (Å²) in [4.78, 5) is 13.1. The van der Waals surface area contributed by atoms with E-state index in [0.29, 0.717) is 0 Å². The predicted molar refractivity (Wildman–Crippen MR) is 91.2 cm³/mol. The van der Waals surface area contributed by atoms with Gasteiger partial charge in [-0.25, -0.2) is 0 Å². The maximum Gasteiger partial charge on any atom is 0.244 e. The van der Waals surface area contributed by atoms with E-state index >= 15 is 0 Å². The SMILES string of the molecule is O=C1Nc2ccccc2C1(c1ccc(O)cc1)c1ccc(O)cc1. The molecule has 4 heteroatoms. The molecule has 0 saturated carbocycles. The van der Waals surface area contributed by atoms with E-state index in [-0.39, 0.29) is 17.4 Å². The van der Waals surface area contributed by atoms with E-state index in [0.717, 1.165) is 22.4 Å². The van der Waals surface area contributed by atoms with E-state index in [1.165, 1.54) is 0 Å². The van der Waals surface area contributed by atoms with Crippen molar-refractivity contribution >= 4 is 11.6 Å². The van der Waals surface area contributed by atoms with Gasteiger partial charge in [0.15, 0.2) is 0 Å². The highest BCUT2D eigenvalue weighted by Gasteiger charge is 2.49. The number of aromatic hydroxyl groups is 2. The lowest BCUT2D eigenvalue weighted by Gasteiger charge is -2.29. The Kier molecular flexibility index (Phi) is 3.06. The van der Waals surface area contributed by atoms with Crippen molar-refractivity contribution < 1.29 is 15.0 Å². The van der Waals surface area contributed by atoms with Crippen molar-refractivity contribution in [1.82, 2.24) is 0 Å². The molecule has 4 nitrogen and oxygen atoms in total. The number of carbonyl (C=O) groups excluding carboxylic acids is 1. The van der Waals surface area contributed by atoms with Crippen molar-refractivity contribution in [1.29, 1.82) is 0 Å². The molecule has 0 unspecified atom stereocenters. The van der Waals surface area contributed by atoms with Crippen LogP contribution in [0, 0.1) is 0 Å². The highest BCUT2D eigenvalue weighted by Crippen LogP contribution is 2.47. The first kappa shape index (κ1) is 14.3. The van der Waals surface area contributed by atoms with Gasteiger partial charge >= 0.3 is 0 Å². The Morgan fingerprint density at radius 3 is 1.75 bits per heavy atom. The summed E-state index contributed by atoms with van der Waals surface area (Å²) in [6.07, 6.45) is 0. The minimum absolute atomic E-state index is 0.145. The molecule has 1 aliphatic rings. The Hall–Kier alpha value is -3.27. The van der Waals surface area contributed by atoms with E-state index in [2.05, 4.69) is 5.32 Å². The van der Waals surface area contributed by atoms with Crippen LogP contribution in [0.3, 0.4) is 0 Å². The number of hydrogen-bond acceptors (Lipinski definition) is 3. The van der Waals surface area contributed by atoms with Gasteiger partial charge in [-0.3, -0.25) is 4.79 Å². The predicted octanol–water partition coefficient (Wildman–Crippen LogP) is 3.38. The smallest absolute Gasteiger partial charge is 0.244 e. The minimum Gasteiger partial charge on any atom is -0.508 e. The molecule has 0 radical (unpaired) electrons. The minimum atomic E-state index is -1.02. The van der Waals surface area contributed by atoms with Crippen LogP contribution in [-0.4, -0.2) is 16.1 Å². The number of phenols is 2. The van der Waals surface area contributed by atoms with Crippen molar-refractivity contribution in [2.45, 2.75) is 5.41 Å². The van der Waals surface area contributed by atoms with E-state index in [9.17, 15) is 15.0 Å². The van der Waals surface area contributed by atoms with Crippen molar-refractivity contribution in [3.05, 3.63) is 89.5 Å². The second kappa shape index (κ2) is 5.13. The summed E-state index contributed by atoms with van der Waals surface area (Å²) in [6.45, 7) is 0. The maximum absolute atomic E-state index is 13.1. The highest BCUT2D eigenvalue weighted by molar-refractivity contribution is 6.11. The largest absolute Gasteiger partial charge is 0.508 e. The average Bonchev–Trinajstić information content (AvgIpc) is 2.89. The van der Waals surface area contributed by atoms with Gasteiger partial charge in [0.1, 0.15) is 16.9 Å². The Morgan fingerprint density at radius 1 is 0.708 bits per heavy atom. The fourth-order valence-electron chi connectivity index (χ4n) is 3.42. The lowest BCUT2D eigenvalue weighted by molar-refractivity contribution is -0.118. The van der Waals surface area contributed by atoms with Crippen LogP contribution in [0.4, 0.5) is 5.69 Å². The van der Waals surface area contributed by atoms with Crippen LogP contribution in [0.2, 0.25) is 0 Å². The Balaban J connectivity index is 2.06. The number of nitrogens with one attached hydrogen (secondary N) is 1. The summed E-state index contributed by atoms with van der Waals surface area (Å²) in [5.74, 6) is 0.137. The zero-order chi connectivity index (χ0) is 16.7. The molecule has 3 aromatic carbocycles. The fraction of sp³-hybridized carbons (Fsp3) is 0.0500. The van der Waals surface area contributed by atoms with Crippen LogP contribution >= 0.6 is 0 Å². The van der Waals surface area contributed by atoms with Crippen molar-refractivity contribution in [3.8, 4) is 11.5 Å². The zero-order valence-electron chi connectivity index (χ0n) is 12.7. The average molecular weight is 317 g/mol. The summed E-state index contributed by atoms with van der Waals surface area (Å²) < 4.78 is 0. The molecule has 0 atom stereocenters. The molecule has 1 amide bonds. The molecule has 118 valence electrons. The lowest BCUT2D eigenvalue weighted by Crippen LogP contribution is -2.36.